The fourth-order valence-corrected chi connectivity index (χ4v) is 2.21. The Kier molecular flexibility index (Phi) is 4.93. The summed E-state index contributed by atoms with van der Waals surface area (Å²) in [6.45, 7) is 5.38. The minimum atomic E-state index is -0.894. The summed E-state index contributed by atoms with van der Waals surface area (Å²) >= 11 is 0. The van der Waals surface area contributed by atoms with Crippen molar-refractivity contribution in [2.45, 2.75) is 45.1 Å². The van der Waals surface area contributed by atoms with E-state index in [9.17, 15) is 9.59 Å². The van der Waals surface area contributed by atoms with E-state index in [-0.39, 0.29) is 12.3 Å². The maximum atomic E-state index is 11.8. The molecule has 0 aliphatic carbocycles. The third kappa shape index (κ3) is 5.68. The summed E-state index contributed by atoms with van der Waals surface area (Å²) in [5.41, 5.74) is -0.676. The number of nitrogens with one attached hydrogen (secondary N) is 2. The van der Waals surface area contributed by atoms with Crippen molar-refractivity contribution in [2.75, 3.05) is 13.1 Å². The summed E-state index contributed by atoms with van der Waals surface area (Å²) in [5.74, 6) is -0.566. The summed E-state index contributed by atoms with van der Waals surface area (Å²) in [6.07, 6.45) is 2.61. The maximum absolute atomic E-state index is 11.8. The Morgan fingerprint density at radius 3 is 2.71 bits per heavy atom. The summed E-state index contributed by atoms with van der Waals surface area (Å²) in [7, 11) is 0. The predicted octanol–water partition coefficient (Wildman–Crippen LogP) is 0.746. The molecule has 3 N–H and O–H groups in total. The Morgan fingerprint density at radius 2 is 2.18 bits per heavy atom. The van der Waals surface area contributed by atoms with E-state index >= 15 is 0 Å². The number of carboxylic acids is 1. The van der Waals surface area contributed by atoms with Crippen molar-refractivity contribution in [3.63, 3.8) is 0 Å². The molecule has 17 heavy (non-hydrogen) atoms. The van der Waals surface area contributed by atoms with Crippen LogP contribution in [0.15, 0.2) is 0 Å². The molecular formula is C12H22N2O3. The van der Waals surface area contributed by atoms with E-state index in [0.717, 1.165) is 25.9 Å². The van der Waals surface area contributed by atoms with E-state index < -0.39 is 11.5 Å². The van der Waals surface area contributed by atoms with Gasteiger partial charge in [0, 0.05) is 12.0 Å². The van der Waals surface area contributed by atoms with Crippen molar-refractivity contribution < 1.29 is 14.7 Å². The van der Waals surface area contributed by atoms with Gasteiger partial charge in [0.25, 0.3) is 0 Å². The number of rotatable bonds is 5. The predicted molar refractivity (Wildman–Crippen MR) is 64.7 cm³/mol. The fraction of sp³-hybridized carbons (Fsp3) is 0.833. The van der Waals surface area contributed by atoms with Crippen LogP contribution in [0.3, 0.4) is 0 Å². The first-order valence-corrected chi connectivity index (χ1v) is 6.12. The van der Waals surface area contributed by atoms with Crippen LogP contribution >= 0.6 is 0 Å². The van der Waals surface area contributed by atoms with Gasteiger partial charge in [-0.25, -0.2) is 0 Å². The second kappa shape index (κ2) is 6.00. The summed E-state index contributed by atoms with van der Waals surface area (Å²) in [6, 6.07) is 0. The first-order valence-electron chi connectivity index (χ1n) is 6.12. The van der Waals surface area contributed by atoms with Crippen LogP contribution in [0.25, 0.3) is 0 Å². The topological polar surface area (TPSA) is 78.4 Å². The normalized spacial score (nSPS) is 20.9. The highest BCUT2D eigenvalue weighted by Crippen LogP contribution is 2.15. The second-order valence-electron chi connectivity index (χ2n) is 5.42. The number of piperidine rings is 1. The number of hydrogen-bond acceptors (Lipinski definition) is 3. The minimum Gasteiger partial charge on any atom is -0.481 e. The van der Waals surface area contributed by atoms with Gasteiger partial charge >= 0.3 is 5.97 Å². The zero-order valence-corrected chi connectivity index (χ0v) is 10.6. The molecule has 1 saturated heterocycles. The van der Waals surface area contributed by atoms with Gasteiger partial charge in [0.15, 0.2) is 0 Å². The van der Waals surface area contributed by atoms with Crippen molar-refractivity contribution in [3.8, 4) is 0 Å². The molecule has 0 aromatic carbocycles. The molecule has 5 heteroatoms. The lowest BCUT2D eigenvalue weighted by atomic mass is 9.94. The molecule has 1 aliphatic heterocycles. The molecular weight excluding hydrogens is 220 g/mol. The van der Waals surface area contributed by atoms with Crippen LogP contribution in [0.1, 0.15) is 39.5 Å². The lowest BCUT2D eigenvalue weighted by Crippen LogP contribution is -2.46. The molecule has 5 nitrogen and oxygen atoms in total. The van der Waals surface area contributed by atoms with Gasteiger partial charge in [-0.05, 0) is 45.7 Å². The van der Waals surface area contributed by atoms with Gasteiger partial charge in [-0.1, -0.05) is 0 Å². The van der Waals surface area contributed by atoms with E-state index in [2.05, 4.69) is 10.6 Å². The highest BCUT2D eigenvalue weighted by Gasteiger charge is 2.25. The van der Waals surface area contributed by atoms with Gasteiger partial charge in [-0.3, -0.25) is 9.59 Å². The number of carbonyl (C=O) groups is 2. The molecule has 1 rings (SSSR count). The Bertz CT molecular complexity index is 283. The van der Waals surface area contributed by atoms with Gasteiger partial charge in [0.05, 0.1) is 6.42 Å². The van der Waals surface area contributed by atoms with Crippen LogP contribution < -0.4 is 10.6 Å². The van der Waals surface area contributed by atoms with E-state index in [0.29, 0.717) is 12.3 Å². The smallest absolute Gasteiger partial charge is 0.305 e. The summed E-state index contributed by atoms with van der Waals surface area (Å²) < 4.78 is 0. The molecule has 0 aromatic rings. The molecule has 0 radical (unpaired) electrons. The van der Waals surface area contributed by atoms with Crippen LogP contribution in [0.4, 0.5) is 0 Å². The van der Waals surface area contributed by atoms with Crippen LogP contribution in [0, 0.1) is 5.92 Å². The Balaban J connectivity index is 2.34. The Labute approximate surface area is 102 Å². The van der Waals surface area contributed by atoms with E-state index in [1.807, 2.05) is 0 Å². The first kappa shape index (κ1) is 14.0. The van der Waals surface area contributed by atoms with Crippen LogP contribution in [0.5, 0.6) is 0 Å². The molecule has 0 saturated carbocycles. The van der Waals surface area contributed by atoms with Crippen molar-refractivity contribution in [1.82, 2.24) is 10.6 Å². The number of carbonyl (C=O) groups excluding carboxylic acids is 1. The Morgan fingerprint density at radius 1 is 1.47 bits per heavy atom. The molecule has 1 aliphatic rings. The lowest BCUT2D eigenvalue weighted by molar-refractivity contribution is -0.138. The van der Waals surface area contributed by atoms with Gasteiger partial charge in [0.2, 0.25) is 5.91 Å². The van der Waals surface area contributed by atoms with Crippen LogP contribution in [0.2, 0.25) is 0 Å². The average molecular weight is 242 g/mol. The minimum absolute atomic E-state index is 0.0510. The number of carboxylic acid groups (broad SMARTS) is 1. The zero-order valence-electron chi connectivity index (χ0n) is 10.6. The molecule has 0 bridgehead atoms. The zero-order chi connectivity index (χ0) is 12.9. The molecule has 0 aromatic heterocycles. The first-order chi connectivity index (χ1) is 7.89. The summed E-state index contributed by atoms with van der Waals surface area (Å²) in [5, 5.41) is 14.8. The molecule has 1 heterocycles. The Hall–Kier alpha value is -1.10. The van der Waals surface area contributed by atoms with E-state index in [1.54, 1.807) is 13.8 Å². The van der Waals surface area contributed by atoms with Gasteiger partial charge in [-0.15, -0.1) is 0 Å². The number of aliphatic carboxylic acids is 1. The number of hydrogen-bond donors (Lipinski definition) is 3. The van der Waals surface area contributed by atoms with Crippen LogP contribution in [-0.2, 0) is 9.59 Å². The van der Waals surface area contributed by atoms with E-state index in [1.165, 1.54) is 0 Å². The molecule has 1 unspecified atom stereocenters. The highest BCUT2D eigenvalue weighted by molar-refractivity contribution is 5.78. The van der Waals surface area contributed by atoms with Crippen molar-refractivity contribution in [3.05, 3.63) is 0 Å². The average Bonchev–Trinajstić information content (AvgIpc) is 2.15. The third-order valence-corrected chi connectivity index (χ3v) is 2.94. The van der Waals surface area contributed by atoms with Crippen LogP contribution in [-0.4, -0.2) is 35.6 Å². The molecule has 98 valence electrons. The van der Waals surface area contributed by atoms with Crippen molar-refractivity contribution in [1.29, 1.82) is 0 Å². The van der Waals surface area contributed by atoms with Gasteiger partial charge < -0.3 is 15.7 Å². The SMILES string of the molecule is CC(C)(CC(=O)O)NC(=O)CC1CCCNC1. The number of amides is 1. The van der Waals surface area contributed by atoms with Crippen molar-refractivity contribution in [2.24, 2.45) is 5.92 Å². The molecule has 1 amide bonds. The third-order valence-electron chi connectivity index (χ3n) is 2.94. The fourth-order valence-electron chi connectivity index (χ4n) is 2.21. The van der Waals surface area contributed by atoms with Crippen molar-refractivity contribution >= 4 is 11.9 Å². The van der Waals surface area contributed by atoms with E-state index in [4.69, 9.17) is 5.11 Å². The molecule has 1 atom stereocenters. The van der Waals surface area contributed by atoms with Gasteiger partial charge in [-0.2, -0.15) is 0 Å². The largest absolute Gasteiger partial charge is 0.481 e. The lowest BCUT2D eigenvalue weighted by Gasteiger charge is -2.27. The summed E-state index contributed by atoms with van der Waals surface area (Å²) in [4.78, 5) is 22.4. The van der Waals surface area contributed by atoms with Gasteiger partial charge in [0.1, 0.15) is 0 Å². The highest BCUT2D eigenvalue weighted by atomic mass is 16.4. The molecule has 1 fully saturated rings. The maximum Gasteiger partial charge on any atom is 0.305 e. The standard InChI is InChI=1S/C12H22N2O3/c1-12(2,7-11(16)17)14-10(15)6-9-4-3-5-13-8-9/h9,13H,3-8H2,1-2H3,(H,14,15)(H,16,17). The molecule has 0 spiro atoms. The second-order valence-corrected chi connectivity index (χ2v) is 5.42. The quantitative estimate of drug-likeness (QED) is 0.664. The monoisotopic (exact) mass is 242 g/mol.